The number of aliphatic hydroxyl groups is 2. The number of imide groups is 2. The largest absolute Gasteiger partial charge is 0.489 e. The van der Waals surface area contributed by atoms with Gasteiger partial charge >= 0.3 is 12.2 Å². The van der Waals surface area contributed by atoms with Crippen molar-refractivity contribution >= 4 is 73.5 Å². The van der Waals surface area contributed by atoms with Crippen molar-refractivity contribution in [3.8, 4) is 11.5 Å². The number of nitrogens with one attached hydrogen (secondary N) is 1. The summed E-state index contributed by atoms with van der Waals surface area (Å²) < 4.78 is 51.4. The molecule has 2 aliphatic heterocycles. The van der Waals surface area contributed by atoms with E-state index in [9.17, 15) is 38.2 Å². The molecule has 0 bridgehead atoms. The molecule has 0 spiro atoms. The number of benzene rings is 10. The van der Waals surface area contributed by atoms with Crippen LogP contribution in [0.2, 0.25) is 0 Å². The quantitative estimate of drug-likeness (QED) is 0.0440. The van der Waals surface area contributed by atoms with E-state index in [1.807, 2.05) is 212 Å². The average Bonchev–Trinajstić information content (AvgIpc) is 1.45. The molecule has 2 aliphatic rings. The molecule has 0 saturated carbocycles. The molecule has 14 nitrogen and oxygen atoms in total. The second-order valence-electron chi connectivity index (χ2n) is 24.0. The second kappa shape index (κ2) is 37.2. The summed E-state index contributed by atoms with van der Waals surface area (Å²) in [6.45, 7) is 1.09. The molecule has 12 rings (SSSR count). The van der Waals surface area contributed by atoms with Crippen LogP contribution in [0.4, 0.5) is 29.7 Å². The summed E-state index contributed by atoms with van der Waals surface area (Å²) >= 11 is 7.08. The van der Waals surface area contributed by atoms with Gasteiger partial charge in [0.2, 0.25) is 11.8 Å². The molecule has 0 aliphatic carbocycles. The fourth-order valence-electron chi connectivity index (χ4n) is 11.7. The minimum absolute atomic E-state index is 0.0743. The van der Waals surface area contributed by atoms with Crippen molar-refractivity contribution in [3.05, 3.63) is 332 Å². The number of cyclic esters (lactones) is 2. The van der Waals surface area contributed by atoms with Crippen molar-refractivity contribution in [2.75, 3.05) is 18.5 Å². The Morgan fingerprint density at radius 2 is 0.970 bits per heavy atom. The summed E-state index contributed by atoms with van der Waals surface area (Å²) in [5, 5.41) is 25.0. The Bertz CT molecular complexity index is 4250. The summed E-state index contributed by atoms with van der Waals surface area (Å²) in [4.78, 5) is 59.7. The van der Waals surface area contributed by atoms with E-state index in [2.05, 4.69) is 54.3 Å². The second-order valence-corrected chi connectivity index (χ2v) is 25.8. The maximum atomic E-state index is 14.9. The van der Waals surface area contributed by atoms with Crippen LogP contribution in [-0.4, -0.2) is 75.5 Å². The van der Waals surface area contributed by atoms with Gasteiger partial charge in [-0.2, -0.15) is 0 Å². The predicted octanol–water partition coefficient (Wildman–Crippen LogP) is 18.4. The standard InChI is InChI=1S/C41H38BrFN2O5.C21H22FNO4.C20H16BrNO/c42-31-18-21-35(38(25-31)49-26-29-12-6-2-7-13-29)39(44-33-14-8-3-9-15-33)36(22-23-37(46)30-16-19-32(43)20-17-30)40(47)45-34(27-50-41(45)48)24-28-10-4-1-5-11-28;22-17-11-9-16(10-12-17)19(24)7-4-8-20(25)23-18(14-27-21(23)26)13-15-5-2-1-3-6-15;21-18-12-11-17(14-22-19-9-5-2-6-10-19)20(13-18)23-15-16-7-3-1-4-8-16/h1-21,25,34,36-37,39,44,46H,22-24,26-27H2;1-3,5-6,9-12,18-19,24H,4,7-8,13-14H2;1-14H,15H2/t34-,36+,37+,39+;18-,19-;/m00./s1. The van der Waals surface area contributed by atoms with Gasteiger partial charge in [-0.25, -0.2) is 28.2 Å². The molecule has 10 aromatic rings. The van der Waals surface area contributed by atoms with E-state index in [-0.39, 0.29) is 50.2 Å². The number of ether oxygens (including phenoxy) is 4. The number of aliphatic hydroxyl groups excluding tert-OH is 2. The van der Waals surface area contributed by atoms with Crippen LogP contribution in [0.1, 0.15) is 94.9 Å². The van der Waals surface area contributed by atoms with Gasteiger partial charge in [-0.15, -0.1) is 0 Å². The Hall–Kier alpha value is -10.1. The number of para-hydroxylation sites is 2. The molecule has 0 aromatic heterocycles. The van der Waals surface area contributed by atoms with Crippen LogP contribution >= 0.6 is 31.9 Å². The Morgan fingerprint density at radius 3 is 1.50 bits per heavy atom. The first-order valence-corrected chi connectivity index (χ1v) is 34.6. The van der Waals surface area contributed by atoms with Crippen molar-refractivity contribution < 1.29 is 57.1 Å². The number of rotatable bonds is 26. The fraction of sp³-hybridized carbons (Fsp3) is 0.207. The van der Waals surface area contributed by atoms with Gasteiger partial charge in [0.15, 0.2) is 0 Å². The predicted molar refractivity (Wildman–Crippen MR) is 390 cm³/mol. The maximum Gasteiger partial charge on any atom is 0.416 e. The van der Waals surface area contributed by atoms with E-state index in [0.717, 1.165) is 53.9 Å². The average molecular weight is 1480 g/mol. The SMILES string of the molecule is Brc1ccc(C=Nc2ccccc2)c(OCc2ccccc2)c1.O=C(CCC[C@H](O)c1ccc(F)cc1)N1C(=O)OC[C@@H]1Cc1ccccc1.O=C1OC[C@H](Cc2ccccc2)N1C(=O)[C@H](CC[C@@H](O)c1ccc(F)cc1)[C@H](Nc1ccccc1)c1ccc(Br)cc1OCc1ccccc1. The number of carbonyl (C=O) groups excluding carboxylic acids is 4. The third-order valence-electron chi connectivity index (χ3n) is 16.9. The first kappa shape index (κ1) is 72.6. The number of nitrogens with zero attached hydrogens (tertiary/aromatic N) is 3. The highest BCUT2D eigenvalue weighted by molar-refractivity contribution is 9.10. The van der Waals surface area contributed by atoms with Crippen LogP contribution < -0.4 is 14.8 Å². The van der Waals surface area contributed by atoms with E-state index < -0.39 is 54.1 Å². The maximum absolute atomic E-state index is 14.9. The Kier molecular flexibility index (Phi) is 27.0. The van der Waals surface area contributed by atoms with Gasteiger partial charge in [-0.1, -0.05) is 220 Å². The van der Waals surface area contributed by atoms with Crippen molar-refractivity contribution in [2.45, 2.75) is 88.5 Å². The number of carbonyl (C=O) groups is 4. The van der Waals surface area contributed by atoms with Crippen molar-refractivity contribution in [1.82, 2.24) is 9.80 Å². The zero-order valence-corrected chi connectivity index (χ0v) is 57.9. The van der Waals surface area contributed by atoms with Gasteiger partial charge in [0, 0.05) is 38.4 Å². The topological polar surface area (TPSA) is 177 Å². The van der Waals surface area contributed by atoms with E-state index in [1.165, 1.54) is 58.3 Å². The summed E-state index contributed by atoms with van der Waals surface area (Å²) in [5.74, 6) is -1.000. The first-order chi connectivity index (χ1) is 48.7. The molecular weight excluding hydrogens is 1400 g/mol. The summed E-state index contributed by atoms with van der Waals surface area (Å²) in [6.07, 6.45) is 1.01. The van der Waals surface area contributed by atoms with Crippen LogP contribution in [-0.2, 0) is 45.1 Å². The Balaban J connectivity index is 0.000000181. The molecular formula is C82H76Br2F2N4O10. The molecule has 2 heterocycles. The fourth-order valence-corrected chi connectivity index (χ4v) is 12.3. The lowest BCUT2D eigenvalue weighted by molar-refractivity contribution is -0.134. The third kappa shape index (κ3) is 21.4. The monoisotopic (exact) mass is 1470 g/mol. The third-order valence-corrected chi connectivity index (χ3v) is 17.9. The number of hydrogen-bond acceptors (Lipinski definition) is 12. The molecule has 512 valence electrons. The molecule has 4 amide bonds. The normalized spacial score (nSPS) is 15.2. The molecule has 2 fully saturated rings. The van der Waals surface area contributed by atoms with Gasteiger partial charge in [0.1, 0.15) is 49.6 Å². The highest BCUT2D eigenvalue weighted by Gasteiger charge is 2.44. The van der Waals surface area contributed by atoms with Crippen molar-refractivity contribution in [1.29, 1.82) is 0 Å². The van der Waals surface area contributed by atoms with E-state index in [0.29, 0.717) is 61.3 Å². The summed E-state index contributed by atoms with van der Waals surface area (Å²) in [5.41, 5.74) is 8.59. The van der Waals surface area contributed by atoms with Crippen LogP contribution in [0.5, 0.6) is 11.5 Å². The van der Waals surface area contributed by atoms with Crippen LogP contribution in [0, 0.1) is 17.6 Å². The van der Waals surface area contributed by atoms with Crippen molar-refractivity contribution in [3.63, 3.8) is 0 Å². The lowest BCUT2D eigenvalue weighted by Crippen LogP contribution is -2.46. The highest BCUT2D eigenvalue weighted by atomic mass is 79.9. The van der Waals surface area contributed by atoms with Gasteiger partial charge in [0.05, 0.1) is 41.9 Å². The first-order valence-electron chi connectivity index (χ1n) is 33.0. The number of halogens is 4. The summed E-state index contributed by atoms with van der Waals surface area (Å²) in [7, 11) is 0. The minimum Gasteiger partial charge on any atom is -0.489 e. The van der Waals surface area contributed by atoms with E-state index in [1.54, 1.807) is 0 Å². The highest BCUT2D eigenvalue weighted by Crippen LogP contribution is 2.41. The summed E-state index contributed by atoms with van der Waals surface area (Å²) in [6, 6.07) is 80.0. The molecule has 0 unspecified atom stereocenters. The van der Waals surface area contributed by atoms with Gasteiger partial charge < -0.3 is 34.5 Å². The molecule has 0 radical (unpaired) electrons. The lowest BCUT2D eigenvalue weighted by Gasteiger charge is -2.33. The zero-order valence-electron chi connectivity index (χ0n) is 54.7. The van der Waals surface area contributed by atoms with E-state index in [4.69, 9.17) is 18.9 Å². The van der Waals surface area contributed by atoms with Gasteiger partial charge in [-0.05, 0) is 151 Å². The van der Waals surface area contributed by atoms with Crippen LogP contribution in [0.3, 0.4) is 0 Å². The van der Waals surface area contributed by atoms with Gasteiger partial charge in [-0.3, -0.25) is 14.6 Å². The Morgan fingerprint density at radius 1 is 0.530 bits per heavy atom. The smallest absolute Gasteiger partial charge is 0.416 e. The molecule has 10 aromatic carbocycles. The van der Waals surface area contributed by atoms with Crippen molar-refractivity contribution in [2.24, 2.45) is 10.9 Å². The zero-order chi connectivity index (χ0) is 70.0. The molecule has 18 heteroatoms. The molecule has 2 saturated heterocycles. The molecule has 6 atom stereocenters. The van der Waals surface area contributed by atoms with Crippen LogP contribution in [0.25, 0.3) is 0 Å². The number of hydrogen-bond donors (Lipinski definition) is 3. The molecule has 3 N–H and O–H groups in total. The number of anilines is 1. The number of amides is 4. The lowest BCUT2D eigenvalue weighted by atomic mass is 9.85. The van der Waals surface area contributed by atoms with Gasteiger partial charge in [0.25, 0.3) is 0 Å². The number of aliphatic imine (C=N–C) groups is 1. The van der Waals surface area contributed by atoms with Crippen LogP contribution in [0.15, 0.2) is 281 Å². The van der Waals surface area contributed by atoms with E-state index >= 15 is 0 Å². The molecule has 100 heavy (non-hydrogen) atoms. The minimum atomic E-state index is -0.979. The Labute approximate surface area is 598 Å².